The van der Waals surface area contributed by atoms with E-state index in [-0.39, 0.29) is 23.1 Å². The van der Waals surface area contributed by atoms with Crippen LogP contribution in [0.5, 0.6) is 0 Å². The summed E-state index contributed by atoms with van der Waals surface area (Å²) in [5, 5.41) is 11.5. The summed E-state index contributed by atoms with van der Waals surface area (Å²) in [6.07, 6.45) is 1.25. The van der Waals surface area contributed by atoms with E-state index >= 15 is 0 Å². The number of anilines is 1. The normalized spacial score (nSPS) is 15.8. The molecule has 0 aliphatic carbocycles. The van der Waals surface area contributed by atoms with Crippen molar-refractivity contribution in [1.29, 1.82) is 0 Å². The number of nitro groups is 1. The minimum absolute atomic E-state index is 0.00185. The Bertz CT molecular complexity index is 932. The van der Waals surface area contributed by atoms with Crippen LogP contribution in [0.15, 0.2) is 30.5 Å². The highest BCUT2D eigenvalue weighted by atomic mass is 19.1. The van der Waals surface area contributed by atoms with Crippen LogP contribution in [-0.4, -0.2) is 54.1 Å². The summed E-state index contributed by atoms with van der Waals surface area (Å²) in [6.45, 7) is 3.71. The molecule has 2 aromatic rings. The smallest absolute Gasteiger partial charge is 0.339 e. The first-order chi connectivity index (χ1) is 13.8. The van der Waals surface area contributed by atoms with Crippen LogP contribution in [0.4, 0.5) is 20.3 Å². The zero-order valence-corrected chi connectivity index (χ0v) is 16.0. The second-order valence-electron chi connectivity index (χ2n) is 6.68. The summed E-state index contributed by atoms with van der Waals surface area (Å²) < 4.78 is 31.8. The number of aromatic nitrogens is 1. The minimum Gasteiger partial charge on any atom is -0.465 e. The van der Waals surface area contributed by atoms with Gasteiger partial charge in [0.1, 0.15) is 11.6 Å². The molecule has 3 rings (SSSR count). The zero-order valence-electron chi connectivity index (χ0n) is 16.0. The molecule has 1 aromatic heterocycles. The van der Waals surface area contributed by atoms with E-state index in [1.54, 1.807) is 4.90 Å². The van der Waals surface area contributed by atoms with Gasteiger partial charge < -0.3 is 9.64 Å². The SMILES string of the molecule is COC(=O)c1cnc(N2CCN(C(C)c3ccc(F)cc3F)CC2)c([N+](=O)[O-])c1. The van der Waals surface area contributed by atoms with Crippen molar-refractivity contribution in [3.63, 3.8) is 0 Å². The highest BCUT2D eigenvalue weighted by Gasteiger charge is 2.29. The van der Waals surface area contributed by atoms with Gasteiger partial charge in [0.15, 0.2) is 0 Å². The largest absolute Gasteiger partial charge is 0.465 e. The summed E-state index contributed by atoms with van der Waals surface area (Å²) in [5.41, 5.74) is 0.118. The van der Waals surface area contributed by atoms with Crippen LogP contribution in [0, 0.1) is 21.7 Å². The van der Waals surface area contributed by atoms with Crippen LogP contribution < -0.4 is 4.90 Å². The van der Waals surface area contributed by atoms with Crippen LogP contribution in [-0.2, 0) is 4.74 Å². The summed E-state index contributed by atoms with van der Waals surface area (Å²) >= 11 is 0. The second-order valence-corrected chi connectivity index (χ2v) is 6.68. The minimum atomic E-state index is -0.702. The lowest BCUT2D eigenvalue weighted by Gasteiger charge is -2.38. The van der Waals surface area contributed by atoms with Gasteiger partial charge in [-0.25, -0.2) is 18.6 Å². The maximum atomic E-state index is 14.1. The summed E-state index contributed by atoms with van der Waals surface area (Å²) in [4.78, 5) is 30.4. The number of esters is 1. The molecule has 0 spiro atoms. The Morgan fingerprint density at radius 1 is 1.24 bits per heavy atom. The molecule has 2 heterocycles. The lowest BCUT2D eigenvalue weighted by atomic mass is 10.1. The van der Waals surface area contributed by atoms with Crippen LogP contribution in [0.25, 0.3) is 0 Å². The number of carbonyl (C=O) groups excluding carboxylic acids is 1. The van der Waals surface area contributed by atoms with Gasteiger partial charge in [-0.3, -0.25) is 15.0 Å². The Balaban J connectivity index is 1.75. The van der Waals surface area contributed by atoms with Crippen molar-refractivity contribution in [3.05, 3.63) is 63.3 Å². The predicted molar refractivity (Wildman–Crippen MR) is 101 cm³/mol. The van der Waals surface area contributed by atoms with Crippen molar-refractivity contribution in [2.75, 3.05) is 38.2 Å². The first kappa shape index (κ1) is 20.6. The Labute approximate surface area is 165 Å². The van der Waals surface area contributed by atoms with Crippen LogP contribution >= 0.6 is 0 Å². The number of rotatable bonds is 5. The molecule has 1 atom stereocenters. The van der Waals surface area contributed by atoms with Gasteiger partial charge in [-0.2, -0.15) is 0 Å². The molecule has 1 saturated heterocycles. The Morgan fingerprint density at radius 3 is 2.52 bits per heavy atom. The number of methoxy groups -OCH3 is 1. The van der Waals surface area contributed by atoms with Crippen LogP contribution in [0.2, 0.25) is 0 Å². The predicted octanol–water partition coefficient (Wildman–Crippen LogP) is 2.94. The average molecular weight is 406 g/mol. The molecule has 0 bridgehead atoms. The van der Waals surface area contributed by atoms with Gasteiger partial charge in [-0.05, 0) is 13.0 Å². The number of nitrogens with zero attached hydrogens (tertiary/aromatic N) is 4. The molecule has 1 fully saturated rings. The standard InChI is InChI=1S/C19H20F2N4O4/c1-12(15-4-3-14(20)10-16(15)21)23-5-7-24(8-6-23)18-17(25(27)28)9-13(11-22-18)19(26)29-2/h3-4,9-12H,5-8H2,1-2H3. The number of halogens is 2. The van der Waals surface area contributed by atoms with Gasteiger partial charge in [0, 0.05) is 56.1 Å². The number of carbonyl (C=O) groups is 1. The number of benzene rings is 1. The molecule has 8 nitrogen and oxygen atoms in total. The molecule has 10 heteroatoms. The average Bonchev–Trinajstić information content (AvgIpc) is 2.72. The fourth-order valence-electron chi connectivity index (χ4n) is 3.41. The number of pyridine rings is 1. The fourth-order valence-corrected chi connectivity index (χ4v) is 3.41. The molecule has 1 aliphatic rings. The zero-order chi connectivity index (χ0) is 21.1. The van der Waals surface area contributed by atoms with E-state index in [0.29, 0.717) is 31.7 Å². The van der Waals surface area contributed by atoms with E-state index < -0.39 is 22.5 Å². The Hall–Kier alpha value is -3.14. The Kier molecular flexibility index (Phi) is 6.02. The third-order valence-corrected chi connectivity index (χ3v) is 5.04. The first-order valence-electron chi connectivity index (χ1n) is 8.98. The topological polar surface area (TPSA) is 88.8 Å². The Morgan fingerprint density at radius 2 is 1.93 bits per heavy atom. The van der Waals surface area contributed by atoms with Crippen molar-refractivity contribution in [3.8, 4) is 0 Å². The fraction of sp³-hybridized carbons (Fsp3) is 0.368. The maximum Gasteiger partial charge on any atom is 0.339 e. The maximum absolute atomic E-state index is 14.1. The molecular weight excluding hydrogens is 386 g/mol. The number of ether oxygens (including phenoxy) is 1. The van der Waals surface area contributed by atoms with Gasteiger partial charge >= 0.3 is 11.7 Å². The van der Waals surface area contributed by atoms with Gasteiger partial charge in [0.05, 0.1) is 17.6 Å². The van der Waals surface area contributed by atoms with Gasteiger partial charge in [-0.1, -0.05) is 6.07 Å². The molecule has 29 heavy (non-hydrogen) atoms. The van der Waals surface area contributed by atoms with E-state index in [9.17, 15) is 23.7 Å². The van der Waals surface area contributed by atoms with Gasteiger partial charge in [-0.15, -0.1) is 0 Å². The van der Waals surface area contributed by atoms with Gasteiger partial charge in [0.25, 0.3) is 0 Å². The molecule has 0 radical (unpaired) electrons. The molecule has 0 saturated carbocycles. The third-order valence-electron chi connectivity index (χ3n) is 5.04. The number of hydrogen-bond acceptors (Lipinski definition) is 7. The molecule has 1 unspecified atom stereocenters. The van der Waals surface area contributed by atoms with Crippen molar-refractivity contribution >= 4 is 17.5 Å². The lowest BCUT2D eigenvalue weighted by Crippen LogP contribution is -2.47. The lowest BCUT2D eigenvalue weighted by molar-refractivity contribution is -0.384. The second kappa shape index (κ2) is 8.48. The summed E-state index contributed by atoms with van der Waals surface area (Å²) in [5.74, 6) is -1.76. The number of piperazine rings is 1. The highest BCUT2D eigenvalue weighted by molar-refractivity contribution is 5.90. The number of hydrogen-bond donors (Lipinski definition) is 0. The van der Waals surface area contributed by atoms with Crippen LogP contribution in [0.1, 0.15) is 28.9 Å². The third kappa shape index (κ3) is 4.32. The highest BCUT2D eigenvalue weighted by Crippen LogP contribution is 2.30. The van der Waals surface area contributed by atoms with E-state index in [2.05, 4.69) is 9.72 Å². The van der Waals surface area contributed by atoms with E-state index in [0.717, 1.165) is 12.1 Å². The summed E-state index contributed by atoms with van der Waals surface area (Å²) in [6, 6.07) is 4.39. The molecule has 0 amide bonds. The van der Waals surface area contributed by atoms with Crippen molar-refractivity contribution in [2.24, 2.45) is 0 Å². The van der Waals surface area contributed by atoms with Crippen molar-refractivity contribution in [2.45, 2.75) is 13.0 Å². The molecule has 1 aliphatic heterocycles. The van der Waals surface area contributed by atoms with Gasteiger partial charge in [0.2, 0.25) is 5.82 Å². The van der Waals surface area contributed by atoms with Crippen LogP contribution in [0.3, 0.4) is 0 Å². The molecule has 0 N–H and O–H groups in total. The van der Waals surface area contributed by atoms with Crippen molar-refractivity contribution < 1.29 is 23.2 Å². The first-order valence-corrected chi connectivity index (χ1v) is 8.98. The molecule has 1 aromatic carbocycles. The molecular formula is C19H20F2N4O4. The quantitative estimate of drug-likeness (QED) is 0.428. The van der Waals surface area contributed by atoms with E-state index in [1.165, 1.54) is 25.4 Å². The van der Waals surface area contributed by atoms with E-state index in [1.807, 2.05) is 11.8 Å². The monoisotopic (exact) mass is 406 g/mol. The van der Waals surface area contributed by atoms with E-state index in [4.69, 9.17) is 0 Å². The molecule has 154 valence electrons. The van der Waals surface area contributed by atoms with Crippen molar-refractivity contribution in [1.82, 2.24) is 9.88 Å². The summed E-state index contributed by atoms with van der Waals surface area (Å²) in [7, 11) is 1.19.